The van der Waals surface area contributed by atoms with Gasteiger partial charge in [0.25, 0.3) is 0 Å². The molecule has 0 aliphatic carbocycles. The Morgan fingerprint density at radius 3 is 1.54 bits per heavy atom. The maximum absolute atomic E-state index is 5.33. The number of halogens is 2. The van der Waals surface area contributed by atoms with Gasteiger partial charge in [0, 0.05) is 81.6 Å². The van der Waals surface area contributed by atoms with E-state index in [1.54, 1.807) is 39.3 Å². The molecule has 4 aromatic heterocycles. The number of ether oxygens (including phenoxy) is 2. The number of hydrogen-bond acceptors (Lipinski definition) is 6. The lowest BCUT2D eigenvalue weighted by molar-refractivity contribution is 0.122. The molecule has 12 heteroatoms. The van der Waals surface area contributed by atoms with E-state index < -0.39 is 0 Å². The summed E-state index contributed by atoms with van der Waals surface area (Å²) in [5.41, 5.74) is 10.2. The molecule has 0 spiro atoms. The second kappa shape index (κ2) is 16.3. The molecule has 0 amide bonds. The largest absolute Gasteiger partial charge is 0.362 e. The predicted molar refractivity (Wildman–Crippen MR) is 210 cm³/mol. The predicted octanol–water partition coefficient (Wildman–Crippen LogP) is 9.54. The third-order valence-electron chi connectivity index (χ3n) is 8.29. The third-order valence-corrected chi connectivity index (χ3v) is 9.68. The van der Waals surface area contributed by atoms with Crippen molar-refractivity contribution in [1.82, 2.24) is 38.7 Å². The number of benzene rings is 4. The first-order valence-corrected chi connectivity index (χ1v) is 17.9. The van der Waals surface area contributed by atoms with Crippen LogP contribution in [0.2, 0.25) is 0 Å². The number of rotatable bonds is 10. The zero-order valence-electron chi connectivity index (χ0n) is 28.4. The smallest absolute Gasteiger partial charge is 0.139 e. The van der Waals surface area contributed by atoms with Gasteiger partial charge in [-0.15, -0.1) is 0 Å². The van der Waals surface area contributed by atoms with Crippen LogP contribution in [0.15, 0.2) is 156 Å². The first-order valence-electron chi connectivity index (χ1n) is 16.3. The molecule has 10 nitrogen and oxygen atoms in total. The molecule has 8 aromatic rings. The van der Waals surface area contributed by atoms with Gasteiger partial charge in [0.2, 0.25) is 0 Å². The highest BCUT2D eigenvalue weighted by Gasteiger charge is 2.15. The van der Waals surface area contributed by atoms with Crippen molar-refractivity contribution in [3.63, 3.8) is 0 Å². The van der Waals surface area contributed by atoms with Crippen LogP contribution >= 0.6 is 31.9 Å². The van der Waals surface area contributed by atoms with E-state index in [4.69, 9.17) is 19.7 Å². The number of imidazole rings is 2. The van der Waals surface area contributed by atoms with Gasteiger partial charge in [-0.1, -0.05) is 92.5 Å². The summed E-state index contributed by atoms with van der Waals surface area (Å²) in [6, 6.07) is 36.9. The maximum Gasteiger partial charge on any atom is 0.139 e. The van der Waals surface area contributed by atoms with E-state index in [1.807, 2.05) is 67.3 Å². The van der Waals surface area contributed by atoms with Crippen LogP contribution in [0.3, 0.4) is 0 Å². The summed E-state index contributed by atoms with van der Waals surface area (Å²) < 4.78 is 20.4. The van der Waals surface area contributed by atoms with Gasteiger partial charge < -0.3 is 18.6 Å². The van der Waals surface area contributed by atoms with Gasteiger partial charge in [0.15, 0.2) is 0 Å². The van der Waals surface area contributed by atoms with Gasteiger partial charge in [0.1, 0.15) is 13.5 Å². The van der Waals surface area contributed by atoms with Gasteiger partial charge in [-0.2, -0.15) is 10.2 Å². The van der Waals surface area contributed by atoms with Crippen molar-refractivity contribution in [3.05, 3.63) is 156 Å². The molecular weight excluding hydrogens is 784 g/mol. The van der Waals surface area contributed by atoms with Crippen LogP contribution in [0, 0.1) is 0 Å². The van der Waals surface area contributed by atoms with Gasteiger partial charge in [-0.25, -0.2) is 19.3 Å². The van der Waals surface area contributed by atoms with E-state index in [2.05, 4.69) is 115 Å². The van der Waals surface area contributed by atoms with E-state index in [9.17, 15) is 0 Å². The fraction of sp³-hybridized carbons (Fsp3) is 0.100. The van der Waals surface area contributed by atoms with E-state index in [0.29, 0.717) is 13.5 Å². The molecule has 0 unspecified atom stereocenters. The van der Waals surface area contributed by atoms with Crippen LogP contribution in [0.5, 0.6) is 0 Å². The Balaban J connectivity index is 0.000000162. The van der Waals surface area contributed by atoms with Crippen LogP contribution in [-0.4, -0.2) is 52.9 Å². The Labute approximate surface area is 318 Å². The summed E-state index contributed by atoms with van der Waals surface area (Å²) in [4.78, 5) is 8.18. The van der Waals surface area contributed by atoms with Gasteiger partial charge >= 0.3 is 0 Å². The normalized spacial score (nSPS) is 11.0. The van der Waals surface area contributed by atoms with Crippen molar-refractivity contribution in [2.45, 2.75) is 13.5 Å². The molecule has 260 valence electrons. The zero-order chi connectivity index (χ0) is 35.9. The van der Waals surface area contributed by atoms with Crippen molar-refractivity contribution in [1.29, 1.82) is 0 Å². The first kappa shape index (κ1) is 35.0. The summed E-state index contributed by atoms with van der Waals surface area (Å²) in [6.45, 7) is 0.785. The quantitative estimate of drug-likeness (QED) is 0.137. The third kappa shape index (κ3) is 7.75. The van der Waals surface area contributed by atoms with E-state index in [0.717, 1.165) is 65.3 Å². The Bertz CT molecular complexity index is 2350. The second-order valence-electron chi connectivity index (χ2n) is 11.7. The standard InChI is InChI=1S/2C20H17BrN4O/c1-26-14-25-20(12-19(23-25)17-4-2-3-5-18(17)21)15-6-8-16(9-7-15)24-11-10-22-13-24;1-26-14-25-20(17-4-2-3-5-18(17)21)12-19(23-25)15-6-8-16(9-7-15)24-11-10-22-13-24/h2*2-13H,14H2,1H3. The van der Waals surface area contributed by atoms with Crippen LogP contribution < -0.4 is 0 Å². The van der Waals surface area contributed by atoms with E-state index >= 15 is 0 Å². The number of hydrogen-bond donors (Lipinski definition) is 0. The molecule has 52 heavy (non-hydrogen) atoms. The molecule has 0 aliphatic heterocycles. The Morgan fingerprint density at radius 2 is 1.02 bits per heavy atom. The SMILES string of the molecule is COCn1nc(-c2ccc(-n3ccnc3)cc2)cc1-c1ccccc1Br.COCn1nc(-c2ccccc2Br)cc1-c1ccc(-n2ccnc2)cc1. The molecule has 4 heterocycles. The number of aromatic nitrogens is 8. The van der Waals surface area contributed by atoms with Gasteiger partial charge in [-0.3, -0.25) is 0 Å². The average molecular weight is 819 g/mol. The summed E-state index contributed by atoms with van der Waals surface area (Å²) in [5.74, 6) is 0. The summed E-state index contributed by atoms with van der Waals surface area (Å²) >= 11 is 7.23. The molecule has 0 saturated heterocycles. The highest BCUT2D eigenvalue weighted by molar-refractivity contribution is 9.11. The van der Waals surface area contributed by atoms with Crippen molar-refractivity contribution < 1.29 is 9.47 Å². The zero-order valence-corrected chi connectivity index (χ0v) is 31.6. The lowest BCUT2D eigenvalue weighted by Gasteiger charge is -2.07. The topological polar surface area (TPSA) is 89.7 Å². The monoisotopic (exact) mass is 816 g/mol. The molecule has 0 atom stereocenters. The first-order chi connectivity index (χ1) is 25.5. The van der Waals surface area contributed by atoms with Gasteiger partial charge in [0.05, 0.1) is 35.4 Å². The minimum absolute atomic E-state index is 0.392. The minimum atomic E-state index is 0.392. The molecule has 0 saturated carbocycles. The highest BCUT2D eigenvalue weighted by Crippen LogP contribution is 2.33. The van der Waals surface area contributed by atoms with Crippen LogP contribution in [0.25, 0.3) is 56.4 Å². The fourth-order valence-electron chi connectivity index (χ4n) is 5.77. The Kier molecular flexibility index (Phi) is 11.0. The molecular formula is C40H34Br2N8O2. The van der Waals surface area contributed by atoms with Crippen LogP contribution in [0.1, 0.15) is 0 Å². The molecule has 0 aliphatic rings. The number of methoxy groups -OCH3 is 2. The van der Waals surface area contributed by atoms with Gasteiger partial charge in [-0.05, 0) is 48.5 Å². The molecule has 0 radical (unpaired) electrons. The molecule has 0 fully saturated rings. The molecule has 0 N–H and O–H groups in total. The van der Waals surface area contributed by atoms with E-state index in [1.165, 1.54) is 0 Å². The van der Waals surface area contributed by atoms with Crippen molar-refractivity contribution in [2.24, 2.45) is 0 Å². The minimum Gasteiger partial charge on any atom is -0.362 e. The summed E-state index contributed by atoms with van der Waals surface area (Å²) in [7, 11) is 3.34. The fourth-order valence-corrected chi connectivity index (χ4v) is 6.74. The highest BCUT2D eigenvalue weighted by atomic mass is 79.9. The lowest BCUT2D eigenvalue weighted by atomic mass is 10.1. The van der Waals surface area contributed by atoms with E-state index in [-0.39, 0.29) is 0 Å². The van der Waals surface area contributed by atoms with Crippen molar-refractivity contribution in [3.8, 4) is 56.4 Å². The Morgan fingerprint density at radius 1 is 0.538 bits per heavy atom. The molecule has 0 bridgehead atoms. The van der Waals surface area contributed by atoms with Crippen molar-refractivity contribution in [2.75, 3.05) is 14.2 Å². The summed E-state index contributed by atoms with van der Waals surface area (Å²) in [5, 5.41) is 9.46. The molecule has 8 rings (SSSR count). The second-order valence-corrected chi connectivity index (χ2v) is 13.4. The summed E-state index contributed by atoms with van der Waals surface area (Å²) in [6.07, 6.45) is 11.0. The average Bonchev–Trinajstić information content (AvgIpc) is 4.02. The molecule has 4 aromatic carbocycles. The lowest BCUT2D eigenvalue weighted by Crippen LogP contribution is -2.04. The van der Waals surface area contributed by atoms with Crippen LogP contribution in [-0.2, 0) is 22.9 Å². The van der Waals surface area contributed by atoms with Crippen molar-refractivity contribution >= 4 is 31.9 Å². The van der Waals surface area contributed by atoms with Crippen LogP contribution in [0.4, 0.5) is 0 Å². The maximum atomic E-state index is 5.33. The Hall–Kier alpha value is -5.40. The number of nitrogens with zero attached hydrogens (tertiary/aromatic N) is 8.